The Morgan fingerprint density at radius 3 is 2.46 bits per heavy atom. The first-order chi connectivity index (χ1) is 13.6. The van der Waals surface area contributed by atoms with Gasteiger partial charge in [0.05, 0.1) is 6.54 Å². The first kappa shape index (κ1) is 20.8. The lowest BCUT2D eigenvalue weighted by atomic mass is 9.89. The van der Waals surface area contributed by atoms with Crippen LogP contribution in [-0.4, -0.2) is 67.4 Å². The molecule has 6 heteroatoms. The fourth-order valence-electron chi connectivity index (χ4n) is 4.27. The van der Waals surface area contributed by atoms with Gasteiger partial charge in [0, 0.05) is 50.5 Å². The molecule has 2 N–H and O–H groups in total. The number of amides is 2. The number of rotatable bonds is 7. The van der Waals surface area contributed by atoms with E-state index in [0.717, 1.165) is 32.1 Å². The highest BCUT2D eigenvalue weighted by Gasteiger charge is 2.22. The summed E-state index contributed by atoms with van der Waals surface area (Å²) in [4.78, 5) is 29.1. The van der Waals surface area contributed by atoms with Gasteiger partial charge in [0.1, 0.15) is 0 Å². The van der Waals surface area contributed by atoms with Crippen molar-refractivity contribution in [1.82, 2.24) is 15.1 Å². The summed E-state index contributed by atoms with van der Waals surface area (Å²) in [5.74, 6) is 0.738. The fourth-order valence-corrected chi connectivity index (χ4v) is 4.27. The number of hydrogen-bond acceptors (Lipinski definition) is 4. The molecule has 6 nitrogen and oxygen atoms in total. The van der Waals surface area contributed by atoms with E-state index >= 15 is 0 Å². The quantitative estimate of drug-likeness (QED) is 0.756. The van der Waals surface area contributed by atoms with Gasteiger partial charge >= 0.3 is 0 Å². The van der Waals surface area contributed by atoms with Gasteiger partial charge in [-0.1, -0.05) is 25.3 Å². The van der Waals surface area contributed by atoms with E-state index in [1.165, 1.54) is 38.6 Å². The molecule has 1 aliphatic heterocycles. The summed E-state index contributed by atoms with van der Waals surface area (Å²) in [7, 11) is 0. The summed E-state index contributed by atoms with van der Waals surface area (Å²) >= 11 is 0. The predicted octanol–water partition coefficient (Wildman–Crippen LogP) is 2.57. The van der Waals surface area contributed by atoms with Gasteiger partial charge in [-0.15, -0.1) is 0 Å². The summed E-state index contributed by atoms with van der Waals surface area (Å²) in [5, 5.41) is 5.71. The van der Waals surface area contributed by atoms with E-state index in [0.29, 0.717) is 24.3 Å². The molecule has 0 spiro atoms. The molecule has 1 saturated carbocycles. The monoisotopic (exact) mass is 386 g/mol. The second-order valence-electron chi connectivity index (χ2n) is 8.07. The van der Waals surface area contributed by atoms with Gasteiger partial charge < -0.3 is 15.5 Å². The standard InChI is InChI=1S/C22H34N4O2/c1-2-23-22(28)19-9-6-10-20(15-19)24-21(27)17-26-13-11-25(12-14-26)16-18-7-4-3-5-8-18/h6,9-10,15,18H,2-5,7-8,11-14,16-17H2,1H3,(H,23,28)(H,24,27). The number of benzene rings is 1. The van der Waals surface area contributed by atoms with Crippen molar-refractivity contribution in [3.05, 3.63) is 29.8 Å². The van der Waals surface area contributed by atoms with Gasteiger partial charge in [-0.25, -0.2) is 0 Å². The van der Waals surface area contributed by atoms with Crippen LogP contribution in [0.3, 0.4) is 0 Å². The summed E-state index contributed by atoms with van der Waals surface area (Å²) in [6, 6.07) is 7.10. The highest BCUT2D eigenvalue weighted by atomic mass is 16.2. The van der Waals surface area contributed by atoms with Gasteiger partial charge in [0.15, 0.2) is 0 Å². The minimum atomic E-state index is -0.118. The predicted molar refractivity (Wildman–Crippen MR) is 113 cm³/mol. The molecule has 1 saturated heterocycles. The topological polar surface area (TPSA) is 64.7 Å². The SMILES string of the molecule is CCNC(=O)c1cccc(NC(=O)CN2CCN(CC3CCCCC3)CC2)c1. The molecule has 3 rings (SSSR count). The summed E-state index contributed by atoms with van der Waals surface area (Å²) in [6.07, 6.45) is 6.97. The molecule has 0 atom stereocenters. The molecular formula is C22H34N4O2. The van der Waals surface area contributed by atoms with E-state index in [1.807, 2.05) is 13.0 Å². The first-order valence-corrected chi connectivity index (χ1v) is 10.8. The Morgan fingerprint density at radius 1 is 1.04 bits per heavy atom. The van der Waals surface area contributed by atoms with Crippen molar-refractivity contribution in [1.29, 1.82) is 0 Å². The molecule has 1 aromatic carbocycles. The van der Waals surface area contributed by atoms with Crippen LogP contribution < -0.4 is 10.6 Å². The maximum atomic E-state index is 12.4. The normalized spacial score (nSPS) is 19.3. The molecular weight excluding hydrogens is 352 g/mol. The van der Waals surface area contributed by atoms with Crippen LogP contribution in [0.15, 0.2) is 24.3 Å². The summed E-state index contributed by atoms with van der Waals surface area (Å²) < 4.78 is 0. The molecule has 154 valence electrons. The van der Waals surface area contributed by atoms with Gasteiger partial charge in [-0.2, -0.15) is 0 Å². The average molecular weight is 387 g/mol. The minimum Gasteiger partial charge on any atom is -0.352 e. The van der Waals surface area contributed by atoms with Crippen molar-refractivity contribution in [3.63, 3.8) is 0 Å². The third kappa shape index (κ3) is 6.31. The molecule has 0 radical (unpaired) electrons. The van der Waals surface area contributed by atoms with Crippen molar-refractivity contribution >= 4 is 17.5 Å². The van der Waals surface area contributed by atoms with Gasteiger partial charge in [0.2, 0.25) is 5.91 Å². The minimum absolute atomic E-state index is 0.0196. The summed E-state index contributed by atoms with van der Waals surface area (Å²) in [5.41, 5.74) is 1.24. The van der Waals surface area contributed by atoms with Crippen LogP contribution in [0.5, 0.6) is 0 Å². The molecule has 28 heavy (non-hydrogen) atoms. The fraction of sp³-hybridized carbons (Fsp3) is 0.636. The van der Waals surface area contributed by atoms with Crippen LogP contribution in [0.2, 0.25) is 0 Å². The van der Waals surface area contributed by atoms with Crippen LogP contribution in [0, 0.1) is 5.92 Å². The number of nitrogens with one attached hydrogen (secondary N) is 2. The smallest absolute Gasteiger partial charge is 0.251 e. The zero-order valence-corrected chi connectivity index (χ0v) is 17.1. The number of anilines is 1. The van der Waals surface area contributed by atoms with E-state index in [2.05, 4.69) is 20.4 Å². The summed E-state index contributed by atoms with van der Waals surface area (Å²) in [6.45, 7) is 8.10. The van der Waals surface area contributed by atoms with E-state index in [-0.39, 0.29) is 11.8 Å². The highest BCUT2D eigenvalue weighted by Crippen LogP contribution is 2.24. The number of nitrogens with zero attached hydrogens (tertiary/aromatic N) is 2. The lowest BCUT2D eigenvalue weighted by Gasteiger charge is -2.37. The Morgan fingerprint density at radius 2 is 1.75 bits per heavy atom. The molecule has 0 unspecified atom stereocenters. The first-order valence-electron chi connectivity index (χ1n) is 10.8. The molecule has 0 aromatic heterocycles. The van der Waals surface area contributed by atoms with E-state index in [1.54, 1.807) is 18.2 Å². The van der Waals surface area contributed by atoms with Crippen LogP contribution in [-0.2, 0) is 4.79 Å². The largest absolute Gasteiger partial charge is 0.352 e. The maximum Gasteiger partial charge on any atom is 0.251 e. The second-order valence-corrected chi connectivity index (χ2v) is 8.07. The molecule has 2 fully saturated rings. The number of piperazine rings is 1. The molecule has 1 heterocycles. The molecule has 1 aromatic rings. The van der Waals surface area contributed by atoms with E-state index < -0.39 is 0 Å². The zero-order chi connectivity index (χ0) is 19.8. The van der Waals surface area contributed by atoms with Crippen molar-refractivity contribution in [3.8, 4) is 0 Å². The maximum absolute atomic E-state index is 12.4. The third-order valence-electron chi connectivity index (χ3n) is 5.82. The average Bonchev–Trinajstić information content (AvgIpc) is 2.70. The van der Waals surface area contributed by atoms with Crippen molar-refractivity contribution in [2.45, 2.75) is 39.0 Å². The Hall–Kier alpha value is -1.92. The molecule has 0 bridgehead atoms. The molecule has 1 aliphatic carbocycles. The van der Waals surface area contributed by atoms with Crippen molar-refractivity contribution in [2.75, 3.05) is 51.1 Å². The number of hydrogen-bond donors (Lipinski definition) is 2. The van der Waals surface area contributed by atoms with Crippen molar-refractivity contribution < 1.29 is 9.59 Å². The van der Waals surface area contributed by atoms with E-state index in [9.17, 15) is 9.59 Å². The van der Waals surface area contributed by atoms with E-state index in [4.69, 9.17) is 0 Å². The Labute approximate surface area is 168 Å². The second kappa shape index (κ2) is 10.6. The van der Waals surface area contributed by atoms with Gasteiger partial charge in [-0.05, 0) is 43.9 Å². The number of carbonyl (C=O) groups is 2. The molecule has 2 amide bonds. The Kier molecular flexibility index (Phi) is 7.86. The lowest BCUT2D eigenvalue weighted by Crippen LogP contribution is -2.49. The number of carbonyl (C=O) groups excluding carboxylic acids is 2. The van der Waals surface area contributed by atoms with Crippen LogP contribution in [0.25, 0.3) is 0 Å². The van der Waals surface area contributed by atoms with Crippen LogP contribution >= 0.6 is 0 Å². The van der Waals surface area contributed by atoms with Crippen molar-refractivity contribution in [2.24, 2.45) is 5.92 Å². The Balaban J connectivity index is 1.41. The zero-order valence-electron chi connectivity index (χ0n) is 17.1. The third-order valence-corrected chi connectivity index (χ3v) is 5.82. The lowest BCUT2D eigenvalue weighted by molar-refractivity contribution is -0.117. The van der Waals surface area contributed by atoms with Crippen LogP contribution in [0.1, 0.15) is 49.4 Å². The molecule has 2 aliphatic rings. The Bertz CT molecular complexity index is 650. The van der Waals surface area contributed by atoms with Gasteiger partial charge in [0.25, 0.3) is 5.91 Å². The highest BCUT2D eigenvalue weighted by molar-refractivity contribution is 5.97. The van der Waals surface area contributed by atoms with Gasteiger partial charge in [-0.3, -0.25) is 14.5 Å². The van der Waals surface area contributed by atoms with Crippen LogP contribution in [0.4, 0.5) is 5.69 Å².